The van der Waals surface area contributed by atoms with Gasteiger partial charge < -0.3 is 9.53 Å². The zero-order chi connectivity index (χ0) is 16.9. The van der Waals surface area contributed by atoms with Gasteiger partial charge in [-0.3, -0.25) is 0 Å². The summed E-state index contributed by atoms with van der Waals surface area (Å²) in [6.45, 7) is 3.46. The lowest BCUT2D eigenvalue weighted by Crippen LogP contribution is -2.36. The maximum absolute atomic E-state index is 10.8. The fourth-order valence-corrected chi connectivity index (χ4v) is 2.63. The molecule has 1 saturated heterocycles. The molecule has 0 amide bonds. The van der Waals surface area contributed by atoms with Gasteiger partial charge in [0.15, 0.2) is 0 Å². The summed E-state index contributed by atoms with van der Waals surface area (Å²) in [6.07, 6.45) is 2.54. The Balaban J connectivity index is 1.87. The molecular formula is C16H18ClN5O2. The zero-order valence-corrected chi connectivity index (χ0v) is 14.0. The minimum atomic E-state index is -0.229. The van der Waals surface area contributed by atoms with Crippen LogP contribution in [0.15, 0.2) is 30.5 Å². The highest BCUT2D eigenvalue weighted by Gasteiger charge is 2.22. The molecule has 24 heavy (non-hydrogen) atoms. The molecule has 1 atom stereocenters. The second kappa shape index (κ2) is 7.67. The van der Waals surface area contributed by atoms with E-state index in [-0.39, 0.29) is 6.04 Å². The van der Waals surface area contributed by atoms with Crippen molar-refractivity contribution in [1.82, 2.24) is 25.9 Å². The van der Waals surface area contributed by atoms with Gasteiger partial charge in [0, 0.05) is 17.1 Å². The molecule has 1 unspecified atom stereocenters. The third kappa shape index (κ3) is 3.88. The minimum absolute atomic E-state index is 0.229. The number of aromatic nitrogens is 2. The molecule has 2 N–H and O–H groups in total. The molecular weight excluding hydrogens is 330 g/mol. The van der Waals surface area contributed by atoms with Crippen LogP contribution in [0.25, 0.3) is 11.3 Å². The second-order valence-corrected chi connectivity index (χ2v) is 5.77. The molecule has 3 rings (SSSR count). The summed E-state index contributed by atoms with van der Waals surface area (Å²) < 4.78 is 5.59. The first kappa shape index (κ1) is 16.8. The Kier molecular flexibility index (Phi) is 5.37. The minimum Gasteiger partial charge on any atom is -0.476 e. The van der Waals surface area contributed by atoms with Gasteiger partial charge in [-0.25, -0.2) is 20.4 Å². The zero-order valence-electron chi connectivity index (χ0n) is 13.2. The van der Waals surface area contributed by atoms with Crippen molar-refractivity contribution < 1.29 is 9.53 Å². The Bertz CT molecular complexity index is 727. The van der Waals surface area contributed by atoms with Gasteiger partial charge in [0.05, 0.1) is 31.1 Å². The van der Waals surface area contributed by atoms with Crippen molar-refractivity contribution in [1.29, 1.82) is 0 Å². The maximum atomic E-state index is 10.8. The van der Waals surface area contributed by atoms with E-state index in [9.17, 15) is 4.79 Å². The number of hydrogen-bond acceptors (Lipinski definition) is 7. The first-order chi connectivity index (χ1) is 11.7. The number of benzene rings is 1. The van der Waals surface area contributed by atoms with E-state index in [1.165, 1.54) is 0 Å². The number of rotatable bonds is 6. The van der Waals surface area contributed by atoms with Crippen molar-refractivity contribution in [3.05, 3.63) is 41.2 Å². The average Bonchev–Trinajstić information content (AvgIpc) is 3.04. The molecule has 0 spiro atoms. The average molecular weight is 348 g/mol. The number of hydrazine groups is 2. The van der Waals surface area contributed by atoms with Crippen LogP contribution in [0.5, 0.6) is 5.88 Å². The van der Waals surface area contributed by atoms with E-state index >= 15 is 0 Å². The van der Waals surface area contributed by atoms with E-state index in [4.69, 9.17) is 16.3 Å². The van der Waals surface area contributed by atoms with E-state index in [1.54, 1.807) is 6.20 Å². The van der Waals surface area contributed by atoms with Gasteiger partial charge in [-0.1, -0.05) is 23.7 Å². The molecule has 7 nitrogen and oxygen atoms in total. The van der Waals surface area contributed by atoms with Gasteiger partial charge in [-0.05, 0) is 19.1 Å². The number of aldehydes is 1. The van der Waals surface area contributed by atoms with Gasteiger partial charge in [0.2, 0.25) is 5.88 Å². The van der Waals surface area contributed by atoms with Crippen LogP contribution in [0.2, 0.25) is 5.02 Å². The molecule has 1 aliphatic heterocycles. The van der Waals surface area contributed by atoms with Crippen LogP contribution in [0.4, 0.5) is 0 Å². The number of carbonyl (C=O) groups excluding carboxylic acids is 1. The number of halogens is 1. The third-order valence-corrected chi connectivity index (χ3v) is 3.75. The van der Waals surface area contributed by atoms with Crippen molar-refractivity contribution >= 4 is 17.9 Å². The lowest BCUT2D eigenvalue weighted by molar-refractivity contribution is -0.109. The Morgan fingerprint density at radius 2 is 2.38 bits per heavy atom. The first-order valence-electron chi connectivity index (χ1n) is 7.65. The van der Waals surface area contributed by atoms with E-state index in [0.29, 0.717) is 36.3 Å². The van der Waals surface area contributed by atoms with Crippen LogP contribution in [0.3, 0.4) is 0 Å². The Hall–Kier alpha value is -2.06. The number of ether oxygens (including phenoxy) is 1. The summed E-state index contributed by atoms with van der Waals surface area (Å²) >= 11 is 6.08. The van der Waals surface area contributed by atoms with E-state index < -0.39 is 0 Å². The van der Waals surface area contributed by atoms with Gasteiger partial charge in [0.25, 0.3) is 0 Å². The normalized spacial score (nSPS) is 17.8. The van der Waals surface area contributed by atoms with E-state index in [2.05, 4.69) is 20.9 Å². The largest absolute Gasteiger partial charge is 0.476 e. The molecule has 2 heterocycles. The lowest BCUT2D eigenvalue weighted by Gasteiger charge is -2.15. The second-order valence-electron chi connectivity index (χ2n) is 5.34. The van der Waals surface area contributed by atoms with Crippen LogP contribution in [0, 0.1) is 0 Å². The summed E-state index contributed by atoms with van der Waals surface area (Å²) in [6, 6.07) is 7.19. The first-order valence-corrected chi connectivity index (χ1v) is 8.03. The van der Waals surface area contributed by atoms with Crippen molar-refractivity contribution in [3.8, 4) is 17.1 Å². The predicted octanol–water partition coefficient (Wildman–Crippen LogP) is 1.59. The van der Waals surface area contributed by atoms with Crippen LogP contribution in [0.1, 0.15) is 12.6 Å². The van der Waals surface area contributed by atoms with Gasteiger partial charge >= 0.3 is 0 Å². The van der Waals surface area contributed by atoms with Gasteiger partial charge in [-0.15, -0.1) is 0 Å². The van der Waals surface area contributed by atoms with Crippen LogP contribution < -0.4 is 15.7 Å². The third-order valence-electron chi connectivity index (χ3n) is 3.51. The number of nitrogens with zero attached hydrogens (tertiary/aromatic N) is 3. The summed E-state index contributed by atoms with van der Waals surface area (Å²) in [4.78, 5) is 19.9. The summed E-state index contributed by atoms with van der Waals surface area (Å²) in [5.41, 5.74) is 8.08. The molecule has 2 aromatic rings. The van der Waals surface area contributed by atoms with Crippen LogP contribution in [-0.2, 0) is 11.3 Å². The molecule has 0 radical (unpaired) electrons. The number of hydrogen-bond donors (Lipinski definition) is 2. The van der Waals surface area contributed by atoms with Gasteiger partial charge in [0.1, 0.15) is 12.0 Å². The molecule has 1 aromatic carbocycles. The highest BCUT2D eigenvalue weighted by Crippen LogP contribution is 2.28. The fourth-order valence-electron chi connectivity index (χ4n) is 2.44. The van der Waals surface area contributed by atoms with E-state index in [0.717, 1.165) is 17.5 Å². The number of nitrogens with one attached hydrogen (secondary N) is 2. The molecule has 0 aliphatic carbocycles. The van der Waals surface area contributed by atoms with Crippen molar-refractivity contribution in [3.63, 3.8) is 0 Å². The van der Waals surface area contributed by atoms with Crippen LogP contribution >= 0.6 is 11.6 Å². The smallest absolute Gasteiger partial charge is 0.240 e. The molecule has 0 bridgehead atoms. The Morgan fingerprint density at radius 1 is 1.50 bits per heavy atom. The highest BCUT2D eigenvalue weighted by atomic mass is 35.5. The molecule has 1 aromatic heterocycles. The monoisotopic (exact) mass is 347 g/mol. The van der Waals surface area contributed by atoms with Crippen molar-refractivity contribution in [2.24, 2.45) is 0 Å². The van der Waals surface area contributed by atoms with Crippen molar-refractivity contribution in [2.75, 3.05) is 13.2 Å². The number of carbonyl (C=O) groups is 1. The summed E-state index contributed by atoms with van der Waals surface area (Å²) in [5.74, 6) is 0.474. The highest BCUT2D eigenvalue weighted by molar-refractivity contribution is 6.30. The Morgan fingerprint density at radius 3 is 3.08 bits per heavy atom. The maximum Gasteiger partial charge on any atom is 0.240 e. The molecule has 0 saturated carbocycles. The topological polar surface area (TPSA) is 79.4 Å². The quantitative estimate of drug-likeness (QED) is 0.768. The van der Waals surface area contributed by atoms with Crippen molar-refractivity contribution in [2.45, 2.75) is 19.5 Å². The fraction of sp³-hybridized carbons (Fsp3) is 0.312. The van der Waals surface area contributed by atoms with E-state index in [1.807, 2.05) is 36.2 Å². The Labute approximate surface area is 144 Å². The molecule has 126 valence electrons. The summed E-state index contributed by atoms with van der Waals surface area (Å²) in [7, 11) is 0. The molecule has 1 aliphatic rings. The lowest BCUT2D eigenvalue weighted by atomic mass is 10.1. The van der Waals surface area contributed by atoms with Crippen LogP contribution in [-0.4, -0.2) is 40.5 Å². The van der Waals surface area contributed by atoms with Gasteiger partial charge in [-0.2, -0.15) is 5.53 Å². The molecule has 8 heteroatoms. The SMILES string of the molecule is CCOc1ncc(CN2CC(C=O)NN2)nc1-c1cccc(Cl)c1. The predicted molar refractivity (Wildman–Crippen MR) is 90.2 cm³/mol. The standard InChI is InChI=1S/C16H18ClN5O2/c1-2-24-16-15(11-4-3-5-12(17)6-11)19-13(7-18-16)8-22-9-14(10-23)20-21-22/h3-7,10,14,20-21H,2,8-9H2,1H3. The summed E-state index contributed by atoms with van der Waals surface area (Å²) in [5, 5.41) is 2.49. The molecule has 1 fully saturated rings.